The fraction of sp³-hybridized carbons (Fsp3) is 0. The molecule has 2 aromatic rings. The molecule has 0 spiro atoms. The third kappa shape index (κ3) is 1.86. The van der Waals surface area contributed by atoms with Gasteiger partial charge in [0, 0.05) is 6.20 Å². The maximum atomic E-state index is 13.3. The number of benzene rings is 1. The van der Waals surface area contributed by atoms with E-state index >= 15 is 0 Å². The summed E-state index contributed by atoms with van der Waals surface area (Å²) in [6.07, 6.45) is 2.00. The second kappa shape index (κ2) is 3.93. The Bertz CT molecular complexity index is 595. The fourth-order valence-electron chi connectivity index (χ4n) is 1.28. The van der Waals surface area contributed by atoms with E-state index in [9.17, 15) is 18.0 Å². The van der Waals surface area contributed by atoms with Gasteiger partial charge in [-0.3, -0.25) is 0 Å². The molecule has 1 aromatic carbocycles. The molecular formula is C10H5F3N2O2. The van der Waals surface area contributed by atoms with Gasteiger partial charge in [0.15, 0.2) is 23.1 Å². The van der Waals surface area contributed by atoms with Crippen LogP contribution in [0.2, 0.25) is 0 Å². The molecule has 0 aliphatic carbocycles. The van der Waals surface area contributed by atoms with Crippen LogP contribution < -0.4 is 0 Å². The Morgan fingerprint density at radius 2 is 1.94 bits per heavy atom. The van der Waals surface area contributed by atoms with Crippen LogP contribution in [0, 0.1) is 17.5 Å². The molecule has 0 unspecified atom stereocenters. The highest BCUT2D eigenvalue weighted by molar-refractivity contribution is 5.85. The Balaban J connectivity index is 2.53. The van der Waals surface area contributed by atoms with Gasteiger partial charge in [-0.1, -0.05) is 0 Å². The van der Waals surface area contributed by atoms with Gasteiger partial charge in [-0.05, 0) is 12.1 Å². The Morgan fingerprint density at radius 3 is 2.53 bits per heavy atom. The number of hydrogen-bond donors (Lipinski definition) is 1. The lowest BCUT2D eigenvalue weighted by molar-refractivity contribution is 0.0691. The van der Waals surface area contributed by atoms with Crippen molar-refractivity contribution in [2.45, 2.75) is 0 Å². The Morgan fingerprint density at radius 1 is 1.24 bits per heavy atom. The maximum absolute atomic E-state index is 13.3. The van der Waals surface area contributed by atoms with Crippen molar-refractivity contribution in [2.75, 3.05) is 0 Å². The number of rotatable bonds is 2. The number of carboxylic acids is 1. The van der Waals surface area contributed by atoms with Crippen molar-refractivity contribution < 1.29 is 23.1 Å². The average molecular weight is 242 g/mol. The first-order valence-corrected chi connectivity index (χ1v) is 4.42. The number of imidazole rings is 1. The van der Waals surface area contributed by atoms with Crippen molar-refractivity contribution in [3.05, 3.63) is 47.8 Å². The van der Waals surface area contributed by atoms with Crippen LogP contribution in [0.1, 0.15) is 10.5 Å². The molecule has 0 fully saturated rings. The van der Waals surface area contributed by atoms with Crippen molar-refractivity contribution in [3.63, 3.8) is 0 Å². The summed E-state index contributed by atoms with van der Waals surface area (Å²) in [5.41, 5.74) is -0.641. The first-order valence-electron chi connectivity index (χ1n) is 4.42. The van der Waals surface area contributed by atoms with Gasteiger partial charge in [0.05, 0.1) is 5.69 Å². The zero-order valence-electron chi connectivity index (χ0n) is 8.19. The van der Waals surface area contributed by atoms with Gasteiger partial charge in [-0.15, -0.1) is 0 Å². The first kappa shape index (κ1) is 11.2. The highest BCUT2D eigenvalue weighted by Gasteiger charge is 2.16. The van der Waals surface area contributed by atoms with Crippen LogP contribution in [0.3, 0.4) is 0 Å². The van der Waals surface area contributed by atoms with E-state index in [1.807, 2.05) is 0 Å². The van der Waals surface area contributed by atoms with Gasteiger partial charge in [-0.2, -0.15) is 0 Å². The predicted molar refractivity (Wildman–Crippen MR) is 50.4 cm³/mol. The van der Waals surface area contributed by atoms with Crippen LogP contribution in [-0.4, -0.2) is 20.6 Å². The minimum absolute atomic E-state index is 0.316. The quantitative estimate of drug-likeness (QED) is 0.819. The van der Waals surface area contributed by atoms with Crippen LogP contribution >= 0.6 is 0 Å². The van der Waals surface area contributed by atoms with Gasteiger partial charge in [0.2, 0.25) is 0 Å². The highest BCUT2D eigenvalue weighted by Crippen LogP contribution is 2.19. The van der Waals surface area contributed by atoms with E-state index in [4.69, 9.17) is 5.11 Å². The second-order valence-corrected chi connectivity index (χ2v) is 3.17. The molecule has 7 heteroatoms. The number of halogens is 3. The van der Waals surface area contributed by atoms with Gasteiger partial charge < -0.3 is 9.67 Å². The third-order valence-corrected chi connectivity index (χ3v) is 2.09. The van der Waals surface area contributed by atoms with E-state index in [0.717, 1.165) is 29.2 Å². The Labute approximate surface area is 92.9 Å². The molecule has 0 atom stereocenters. The van der Waals surface area contributed by atoms with Crippen LogP contribution in [0.5, 0.6) is 0 Å². The van der Waals surface area contributed by atoms with Gasteiger partial charge in [0.25, 0.3) is 0 Å². The van der Waals surface area contributed by atoms with Crippen molar-refractivity contribution in [1.29, 1.82) is 0 Å². The van der Waals surface area contributed by atoms with Crippen LogP contribution in [0.4, 0.5) is 13.2 Å². The topological polar surface area (TPSA) is 55.1 Å². The summed E-state index contributed by atoms with van der Waals surface area (Å²) in [6, 6.07) is 1.73. The molecule has 1 aromatic heterocycles. The minimum atomic E-state index is -1.62. The third-order valence-electron chi connectivity index (χ3n) is 2.09. The summed E-state index contributed by atoms with van der Waals surface area (Å²) >= 11 is 0. The molecular weight excluding hydrogens is 237 g/mol. The normalized spacial score (nSPS) is 10.5. The zero-order valence-corrected chi connectivity index (χ0v) is 8.19. The van der Waals surface area contributed by atoms with Gasteiger partial charge >= 0.3 is 5.97 Å². The molecule has 1 N–H and O–H groups in total. The molecule has 0 amide bonds. The van der Waals surface area contributed by atoms with E-state index in [1.165, 1.54) is 0 Å². The highest BCUT2D eigenvalue weighted by atomic mass is 19.2. The van der Waals surface area contributed by atoms with E-state index in [2.05, 4.69) is 4.98 Å². The number of aromatic carboxylic acids is 1. The number of carbonyl (C=O) groups is 1. The van der Waals surface area contributed by atoms with Crippen molar-refractivity contribution in [2.24, 2.45) is 0 Å². The number of hydrogen-bond acceptors (Lipinski definition) is 2. The Kier molecular flexibility index (Phi) is 2.58. The molecule has 0 bridgehead atoms. The largest absolute Gasteiger partial charge is 0.476 e. The van der Waals surface area contributed by atoms with Crippen molar-refractivity contribution in [3.8, 4) is 5.69 Å². The molecule has 4 nitrogen and oxygen atoms in total. The maximum Gasteiger partial charge on any atom is 0.356 e. The lowest BCUT2D eigenvalue weighted by atomic mass is 10.3. The summed E-state index contributed by atoms with van der Waals surface area (Å²) in [5, 5.41) is 8.61. The van der Waals surface area contributed by atoms with E-state index < -0.39 is 23.4 Å². The van der Waals surface area contributed by atoms with Crippen LogP contribution in [0.25, 0.3) is 5.69 Å². The molecule has 88 valence electrons. The second-order valence-electron chi connectivity index (χ2n) is 3.17. The monoisotopic (exact) mass is 242 g/mol. The standard InChI is InChI=1S/C10H5F3N2O2/c11-5-1-2-7(9(13)8(5)12)15-3-6(10(16)17)14-4-15/h1-4H,(H,16,17). The SMILES string of the molecule is O=C(O)c1cn(-c2ccc(F)c(F)c2F)cn1. The summed E-state index contributed by atoms with van der Waals surface area (Å²) in [6.45, 7) is 0. The number of nitrogens with zero attached hydrogens (tertiary/aromatic N) is 2. The fourth-order valence-corrected chi connectivity index (χ4v) is 1.28. The lowest BCUT2D eigenvalue weighted by Crippen LogP contribution is -2.00. The van der Waals surface area contributed by atoms with E-state index in [0.29, 0.717) is 0 Å². The zero-order chi connectivity index (χ0) is 12.6. The minimum Gasteiger partial charge on any atom is -0.476 e. The molecule has 0 radical (unpaired) electrons. The first-order chi connectivity index (χ1) is 8.00. The van der Waals surface area contributed by atoms with E-state index in [1.54, 1.807) is 0 Å². The summed E-state index contributed by atoms with van der Waals surface area (Å²) in [4.78, 5) is 14.0. The van der Waals surface area contributed by atoms with E-state index in [-0.39, 0.29) is 11.4 Å². The Hall–Kier alpha value is -2.31. The smallest absolute Gasteiger partial charge is 0.356 e. The van der Waals surface area contributed by atoms with Crippen LogP contribution in [0.15, 0.2) is 24.7 Å². The average Bonchev–Trinajstić information content (AvgIpc) is 2.75. The van der Waals surface area contributed by atoms with Crippen molar-refractivity contribution >= 4 is 5.97 Å². The molecule has 0 aliphatic rings. The summed E-state index contributed by atoms with van der Waals surface area (Å²) < 4.78 is 39.9. The molecule has 0 saturated carbocycles. The lowest BCUT2D eigenvalue weighted by Gasteiger charge is -2.04. The number of aromatic nitrogens is 2. The molecule has 17 heavy (non-hydrogen) atoms. The molecule has 0 saturated heterocycles. The van der Waals surface area contributed by atoms with Gasteiger partial charge in [0.1, 0.15) is 6.33 Å². The summed E-state index contributed by atoms with van der Waals surface area (Å²) in [5.74, 6) is -5.64. The summed E-state index contributed by atoms with van der Waals surface area (Å²) in [7, 11) is 0. The van der Waals surface area contributed by atoms with Crippen LogP contribution in [-0.2, 0) is 0 Å². The van der Waals surface area contributed by atoms with Crippen molar-refractivity contribution in [1.82, 2.24) is 9.55 Å². The molecule has 0 aliphatic heterocycles. The molecule has 1 heterocycles. The predicted octanol–water partition coefficient (Wildman–Crippen LogP) is 1.99. The number of carboxylic acid groups (broad SMARTS) is 1. The van der Waals surface area contributed by atoms with Gasteiger partial charge in [-0.25, -0.2) is 22.9 Å². The molecule has 2 rings (SSSR count).